The van der Waals surface area contributed by atoms with E-state index in [1.807, 2.05) is 36.4 Å². The van der Waals surface area contributed by atoms with Crippen LogP contribution in [0.15, 0.2) is 65.8 Å². The maximum atomic E-state index is 11.9. The molecule has 0 unspecified atom stereocenters. The third-order valence-corrected chi connectivity index (χ3v) is 2.93. The molecular weight excluding hydrogens is 280 g/mol. The lowest BCUT2D eigenvalue weighted by Gasteiger charge is -2.05. The van der Waals surface area contributed by atoms with Crippen molar-refractivity contribution < 1.29 is 14.3 Å². The first-order valence-corrected chi connectivity index (χ1v) is 6.75. The average molecular weight is 296 g/mol. The Balaban J connectivity index is 2.10. The smallest absolute Gasteiger partial charge is 0.359 e. The second kappa shape index (κ2) is 7.73. The average Bonchev–Trinajstić information content (AvgIpc) is 2.56. The number of rotatable bonds is 5. The molecule has 2 aromatic carbocycles. The molecule has 0 aliphatic heterocycles. The summed E-state index contributed by atoms with van der Waals surface area (Å²) in [5.74, 6) is -0.908. The van der Waals surface area contributed by atoms with Crippen molar-refractivity contribution in [3.8, 4) is 0 Å². The molecule has 0 saturated carbocycles. The second-order valence-corrected chi connectivity index (χ2v) is 4.52. The van der Waals surface area contributed by atoms with Crippen molar-refractivity contribution in [3.63, 3.8) is 0 Å². The molecule has 0 aliphatic carbocycles. The quantitative estimate of drug-likeness (QED) is 0.521. The van der Waals surface area contributed by atoms with E-state index >= 15 is 0 Å². The van der Waals surface area contributed by atoms with Crippen LogP contribution in [-0.4, -0.2) is 24.7 Å². The van der Waals surface area contributed by atoms with Gasteiger partial charge in [-0.05, 0) is 5.56 Å². The zero-order valence-corrected chi connectivity index (χ0v) is 12.2. The highest BCUT2D eigenvalue weighted by Gasteiger charge is 2.15. The van der Waals surface area contributed by atoms with Crippen molar-refractivity contribution in [2.75, 3.05) is 7.11 Å². The summed E-state index contributed by atoms with van der Waals surface area (Å²) in [7, 11) is 1.27. The maximum absolute atomic E-state index is 11.9. The Hall–Kier alpha value is -2.95. The molecular formula is C17H16N2O3. The van der Waals surface area contributed by atoms with E-state index < -0.39 is 5.97 Å². The van der Waals surface area contributed by atoms with Gasteiger partial charge >= 0.3 is 5.97 Å². The lowest BCUT2D eigenvalue weighted by atomic mass is 10.1. The van der Waals surface area contributed by atoms with E-state index in [-0.39, 0.29) is 18.0 Å². The summed E-state index contributed by atoms with van der Waals surface area (Å²) in [6.07, 6.45) is 0.188. The highest BCUT2D eigenvalue weighted by molar-refractivity contribution is 6.43. The van der Waals surface area contributed by atoms with Crippen LogP contribution in [0, 0.1) is 0 Å². The Morgan fingerprint density at radius 2 is 1.59 bits per heavy atom. The Bertz CT molecular complexity index is 667. The van der Waals surface area contributed by atoms with E-state index in [0.717, 1.165) is 5.56 Å². The molecule has 0 atom stereocenters. The molecule has 0 spiro atoms. The fourth-order valence-corrected chi connectivity index (χ4v) is 1.86. The predicted molar refractivity (Wildman–Crippen MR) is 83.3 cm³/mol. The molecule has 2 rings (SSSR count). The predicted octanol–water partition coefficient (Wildman–Crippen LogP) is 1.92. The molecule has 0 fully saturated rings. The first-order chi connectivity index (χ1) is 10.7. The summed E-state index contributed by atoms with van der Waals surface area (Å²) in [6, 6.07) is 18.1. The number of ether oxygens (including phenoxy) is 1. The highest BCUT2D eigenvalue weighted by atomic mass is 16.5. The van der Waals surface area contributed by atoms with Gasteiger partial charge in [-0.2, -0.15) is 5.10 Å². The van der Waals surface area contributed by atoms with Gasteiger partial charge in [0.15, 0.2) is 5.71 Å². The van der Waals surface area contributed by atoms with Crippen LogP contribution in [0.4, 0.5) is 0 Å². The van der Waals surface area contributed by atoms with Gasteiger partial charge in [0, 0.05) is 5.56 Å². The van der Waals surface area contributed by atoms with Gasteiger partial charge in [0.1, 0.15) is 0 Å². The van der Waals surface area contributed by atoms with Crippen molar-refractivity contribution in [1.82, 2.24) is 5.43 Å². The van der Waals surface area contributed by atoms with E-state index in [1.165, 1.54) is 7.11 Å². The fraction of sp³-hybridized carbons (Fsp3) is 0.118. The summed E-state index contributed by atoms with van der Waals surface area (Å²) < 4.78 is 4.70. The molecule has 0 radical (unpaired) electrons. The van der Waals surface area contributed by atoms with Crippen LogP contribution in [0.2, 0.25) is 0 Å². The minimum Gasteiger partial charge on any atom is -0.464 e. The number of hydrogen-bond donors (Lipinski definition) is 1. The zero-order valence-electron chi connectivity index (χ0n) is 12.2. The van der Waals surface area contributed by atoms with E-state index in [2.05, 4.69) is 10.5 Å². The fourth-order valence-electron chi connectivity index (χ4n) is 1.86. The second-order valence-electron chi connectivity index (χ2n) is 4.52. The van der Waals surface area contributed by atoms with Crippen LogP contribution in [0.1, 0.15) is 11.1 Å². The maximum Gasteiger partial charge on any atom is 0.359 e. The molecule has 1 N–H and O–H groups in total. The summed E-state index contributed by atoms with van der Waals surface area (Å²) in [6.45, 7) is 0. The van der Waals surface area contributed by atoms with Gasteiger partial charge in [0.2, 0.25) is 5.91 Å². The van der Waals surface area contributed by atoms with Crippen molar-refractivity contribution in [2.45, 2.75) is 6.42 Å². The lowest BCUT2D eigenvalue weighted by Crippen LogP contribution is -2.26. The number of hydrazone groups is 1. The monoisotopic (exact) mass is 296 g/mol. The van der Waals surface area contributed by atoms with Crippen molar-refractivity contribution in [2.24, 2.45) is 5.10 Å². The van der Waals surface area contributed by atoms with E-state index in [4.69, 9.17) is 4.74 Å². The van der Waals surface area contributed by atoms with E-state index in [9.17, 15) is 9.59 Å². The van der Waals surface area contributed by atoms with Gasteiger partial charge in [-0.1, -0.05) is 60.7 Å². The lowest BCUT2D eigenvalue weighted by molar-refractivity contribution is -0.132. The van der Waals surface area contributed by atoms with Gasteiger partial charge in [-0.25, -0.2) is 10.2 Å². The molecule has 0 aromatic heterocycles. The molecule has 0 saturated heterocycles. The molecule has 0 heterocycles. The first kappa shape index (κ1) is 15.4. The van der Waals surface area contributed by atoms with E-state index in [0.29, 0.717) is 5.56 Å². The van der Waals surface area contributed by atoms with Gasteiger partial charge in [-0.15, -0.1) is 0 Å². The number of hydrogen-bond acceptors (Lipinski definition) is 4. The summed E-state index contributed by atoms with van der Waals surface area (Å²) in [4.78, 5) is 23.7. The standard InChI is InChI=1S/C17H16N2O3/c1-22-17(21)16(14-10-6-3-7-11-14)19-18-15(20)12-13-8-4-2-5-9-13/h2-11H,12H2,1H3,(H,18,20)/b19-16-. The molecule has 2 aromatic rings. The first-order valence-electron chi connectivity index (χ1n) is 6.75. The highest BCUT2D eigenvalue weighted by Crippen LogP contribution is 2.03. The summed E-state index contributed by atoms with van der Waals surface area (Å²) in [5.41, 5.74) is 3.90. The summed E-state index contributed by atoms with van der Waals surface area (Å²) >= 11 is 0. The number of amides is 1. The van der Waals surface area contributed by atoms with Crippen molar-refractivity contribution in [3.05, 3.63) is 71.8 Å². The Kier molecular flexibility index (Phi) is 5.43. The largest absolute Gasteiger partial charge is 0.464 e. The topological polar surface area (TPSA) is 67.8 Å². The van der Waals surface area contributed by atoms with Gasteiger partial charge in [0.05, 0.1) is 13.5 Å². The molecule has 0 aliphatic rings. The Morgan fingerprint density at radius 3 is 2.18 bits per heavy atom. The number of carbonyl (C=O) groups is 2. The van der Waals surface area contributed by atoms with Crippen LogP contribution >= 0.6 is 0 Å². The third kappa shape index (κ3) is 4.28. The summed E-state index contributed by atoms with van der Waals surface area (Å²) in [5, 5.41) is 3.90. The number of carbonyl (C=O) groups excluding carboxylic acids is 2. The van der Waals surface area contributed by atoms with Crippen molar-refractivity contribution >= 4 is 17.6 Å². The van der Waals surface area contributed by atoms with Gasteiger partial charge < -0.3 is 4.74 Å². The molecule has 22 heavy (non-hydrogen) atoms. The van der Waals surface area contributed by atoms with Crippen LogP contribution in [-0.2, 0) is 20.7 Å². The number of methoxy groups -OCH3 is 1. The number of esters is 1. The van der Waals surface area contributed by atoms with Crippen LogP contribution < -0.4 is 5.43 Å². The minimum absolute atomic E-state index is 0.0597. The van der Waals surface area contributed by atoms with Gasteiger partial charge in [0.25, 0.3) is 0 Å². The minimum atomic E-state index is -0.605. The molecule has 0 bridgehead atoms. The van der Waals surface area contributed by atoms with Crippen LogP contribution in [0.3, 0.4) is 0 Å². The molecule has 5 nitrogen and oxygen atoms in total. The van der Waals surface area contributed by atoms with E-state index in [1.54, 1.807) is 24.3 Å². The molecule has 1 amide bonds. The number of nitrogens with zero attached hydrogens (tertiary/aromatic N) is 1. The number of benzene rings is 2. The number of nitrogens with one attached hydrogen (secondary N) is 1. The molecule has 5 heteroatoms. The SMILES string of the molecule is COC(=O)/C(=N\NC(=O)Cc1ccccc1)c1ccccc1. The Labute approximate surface area is 128 Å². The van der Waals surface area contributed by atoms with Crippen molar-refractivity contribution in [1.29, 1.82) is 0 Å². The van der Waals surface area contributed by atoms with Gasteiger partial charge in [-0.3, -0.25) is 4.79 Å². The third-order valence-electron chi connectivity index (χ3n) is 2.93. The van der Waals surface area contributed by atoms with Crippen LogP contribution in [0.5, 0.6) is 0 Å². The zero-order chi connectivity index (χ0) is 15.8. The molecule has 112 valence electrons. The normalized spacial score (nSPS) is 10.9. The Morgan fingerprint density at radius 1 is 1.00 bits per heavy atom. The van der Waals surface area contributed by atoms with Crippen LogP contribution in [0.25, 0.3) is 0 Å².